The van der Waals surface area contributed by atoms with Crippen LogP contribution in [-0.2, 0) is 30.1 Å². The highest BCUT2D eigenvalue weighted by Gasteiger charge is 2.48. The molecule has 2 aromatic rings. The summed E-state index contributed by atoms with van der Waals surface area (Å²) in [5.41, 5.74) is -1.89. The van der Waals surface area contributed by atoms with Crippen molar-refractivity contribution >= 4 is 5.91 Å². The van der Waals surface area contributed by atoms with Crippen LogP contribution in [0.4, 0.5) is 26.3 Å². The van der Waals surface area contributed by atoms with Crippen LogP contribution in [0.2, 0.25) is 0 Å². The smallest absolute Gasteiger partial charge is 0.416 e. The van der Waals surface area contributed by atoms with Crippen LogP contribution in [0, 0.1) is 11.3 Å². The first-order valence-electron chi connectivity index (χ1n) is 12.8. The van der Waals surface area contributed by atoms with Gasteiger partial charge < -0.3 is 15.7 Å². The van der Waals surface area contributed by atoms with Crippen LogP contribution >= 0.6 is 0 Å². The number of carbonyl (C=O) groups is 1. The van der Waals surface area contributed by atoms with E-state index in [1.165, 1.54) is 0 Å². The second kappa shape index (κ2) is 10.4. The van der Waals surface area contributed by atoms with E-state index in [4.69, 9.17) is 0 Å². The van der Waals surface area contributed by atoms with E-state index in [0.717, 1.165) is 30.4 Å². The first-order chi connectivity index (χ1) is 17.7. The van der Waals surface area contributed by atoms with E-state index in [2.05, 4.69) is 10.6 Å². The largest absolute Gasteiger partial charge is 0.508 e. The molecule has 1 saturated carbocycles. The number of hydrogen-bond donors (Lipinski definition) is 3. The number of benzene rings is 2. The van der Waals surface area contributed by atoms with Gasteiger partial charge in [-0.25, -0.2) is 0 Å². The summed E-state index contributed by atoms with van der Waals surface area (Å²) in [7, 11) is 0. The zero-order chi connectivity index (χ0) is 27.9. The number of nitrogens with one attached hydrogen (secondary N) is 2. The molecule has 2 aromatic carbocycles. The first-order valence-corrected chi connectivity index (χ1v) is 12.8. The van der Waals surface area contributed by atoms with Gasteiger partial charge in [-0.15, -0.1) is 0 Å². The molecule has 1 unspecified atom stereocenters. The number of carbonyl (C=O) groups excluding carboxylic acids is 1. The Morgan fingerprint density at radius 1 is 1.05 bits per heavy atom. The quantitative estimate of drug-likeness (QED) is 0.348. The fraction of sp³-hybridized carbons (Fsp3) is 0.536. The Labute approximate surface area is 217 Å². The highest BCUT2D eigenvalue weighted by atomic mass is 19.4. The predicted molar refractivity (Wildman–Crippen MR) is 130 cm³/mol. The maximum atomic E-state index is 13.4. The lowest BCUT2D eigenvalue weighted by atomic mass is 9.74. The molecule has 0 radical (unpaired) electrons. The van der Waals surface area contributed by atoms with Gasteiger partial charge in [0.1, 0.15) is 5.75 Å². The molecule has 0 saturated heterocycles. The molecule has 3 N–H and O–H groups in total. The van der Waals surface area contributed by atoms with Crippen LogP contribution in [0.25, 0.3) is 0 Å². The van der Waals surface area contributed by atoms with Gasteiger partial charge in [0.25, 0.3) is 0 Å². The van der Waals surface area contributed by atoms with E-state index in [0.29, 0.717) is 31.4 Å². The summed E-state index contributed by atoms with van der Waals surface area (Å²) in [6.45, 7) is 3.37. The van der Waals surface area contributed by atoms with Crippen molar-refractivity contribution in [2.75, 3.05) is 0 Å². The molecule has 2 aliphatic carbocycles. The van der Waals surface area contributed by atoms with E-state index < -0.39 is 35.4 Å². The zero-order valence-corrected chi connectivity index (χ0v) is 21.3. The number of alkyl halides is 6. The molecule has 4 nitrogen and oxygen atoms in total. The Kier molecular flexibility index (Phi) is 7.76. The second-order valence-corrected chi connectivity index (χ2v) is 10.8. The third-order valence-corrected chi connectivity index (χ3v) is 8.13. The number of hydrogen-bond acceptors (Lipinski definition) is 3. The van der Waals surface area contributed by atoms with Gasteiger partial charge in [0.15, 0.2) is 0 Å². The normalized spacial score (nSPS) is 23.9. The lowest BCUT2D eigenvalue weighted by Gasteiger charge is -2.34. The van der Waals surface area contributed by atoms with Crippen molar-refractivity contribution in [3.63, 3.8) is 0 Å². The summed E-state index contributed by atoms with van der Waals surface area (Å²) in [6, 6.07) is 6.89. The van der Waals surface area contributed by atoms with Gasteiger partial charge in [0.05, 0.1) is 16.5 Å². The molecule has 0 spiro atoms. The standard InChI is InChI=1S/C28H32F6N2O2/c1-16(2)26(10-9-20(14-26)36-23-7-3-6-22-21(23)5-4-8-24(22)37)25(38)35-15-17-11-18(27(29,30)31)13-19(12-17)28(32,33)34/h4-5,8,11-13,16,20,23,36-37H,3,6-7,9-10,14-15H2,1-2H3,(H,35,38)/t20-,23?,26+/m1/s1. The SMILES string of the molecule is CC(C)[C@]1(C(=O)NCc2cc(C(F)(F)F)cc(C(F)(F)F)c2)CC[C@@H](NC2CCCc3c(O)cccc32)C1. The molecule has 3 atom stereocenters. The Morgan fingerprint density at radius 3 is 2.32 bits per heavy atom. The van der Waals surface area contributed by atoms with Crippen molar-refractivity contribution in [3.8, 4) is 5.75 Å². The van der Waals surface area contributed by atoms with Crippen LogP contribution in [0.1, 0.15) is 79.8 Å². The summed E-state index contributed by atoms with van der Waals surface area (Å²) < 4.78 is 79.3. The molecule has 208 valence electrons. The van der Waals surface area contributed by atoms with Crippen molar-refractivity contribution in [2.45, 2.75) is 83.4 Å². The van der Waals surface area contributed by atoms with Gasteiger partial charge in [-0.05, 0) is 85.4 Å². The Hall–Kier alpha value is -2.75. The maximum Gasteiger partial charge on any atom is 0.416 e. The molecule has 1 fully saturated rings. The summed E-state index contributed by atoms with van der Waals surface area (Å²) in [4.78, 5) is 13.4. The van der Waals surface area contributed by atoms with Gasteiger partial charge in [0, 0.05) is 18.6 Å². The van der Waals surface area contributed by atoms with E-state index in [-0.39, 0.29) is 41.3 Å². The number of aromatic hydroxyl groups is 1. The Balaban J connectivity index is 1.48. The highest BCUT2D eigenvalue weighted by Crippen LogP contribution is 2.46. The fourth-order valence-electron chi connectivity index (χ4n) is 5.98. The van der Waals surface area contributed by atoms with E-state index in [1.807, 2.05) is 26.0 Å². The number of halogens is 6. The molecule has 1 amide bonds. The Morgan fingerprint density at radius 2 is 1.71 bits per heavy atom. The predicted octanol–water partition coefficient (Wildman–Crippen LogP) is 6.91. The van der Waals surface area contributed by atoms with Gasteiger partial charge >= 0.3 is 12.4 Å². The van der Waals surface area contributed by atoms with Crippen molar-refractivity contribution < 1.29 is 36.2 Å². The van der Waals surface area contributed by atoms with Gasteiger partial charge in [-0.1, -0.05) is 26.0 Å². The molecule has 10 heteroatoms. The molecule has 0 aromatic heterocycles. The lowest BCUT2D eigenvalue weighted by Crippen LogP contribution is -2.44. The molecular formula is C28H32F6N2O2. The third kappa shape index (κ3) is 5.80. The minimum atomic E-state index is -4.95. The second-order valence-electron chi connectivity index (χ2n) is 10.8. The minimum absolute atomic E-state index is 0.00633. The van der Waals surface area contributed by atoms with Crippen LogP contribution in [0.15, 0.2) is 36.4 Å². The van der Waals surface area contributed by atoms with Crippen molar-refractivity contribution in [1.29, 1.82) is 0 Å². The van der Waals surface area contributed by atoms with Crippen molar-refractivity contribution in [2.24, 2.45) is 11.3 Å². The summed E-state index contributed by atoms with van der Waals surface area (Å²) >= 11 is 0. The molecule has 0 aliphatic heterocycles. The topological polar surface area (TPSA) is 61.4 Å². The monoisotopic (exact) mass is 542 g/mol. The van der Waals surface area contributed by atoms with Crippen LogP contribution in [-0.4, -0.2) is 17.1 Å². The average molecular weight is 543 g/mol. The van der Waals surface area contributed by atoms with Crippen molar-refractivity contribution in [1.82, 2.24) is 10.6 Å². The third-order valence-electron chi connectivity index (χ3n) is 8.13. The highest BCUT2D eigenvalue weighted by molar-refractivity contribution is 5.83. The number of amides is 1. The Bertz CT molecular complexity index is 1140. The molecule has 0 heterocycles. The molecule has 2 aliphatic rings. The van der Waals surface area contributed by atoms with E-state index in [9.17, 15) is 36.2 Å². The van der Waals surface area contributed by atoms with Crippen LogP contribution in [0.5, 0.6) is 5.75 Å². The number of phenolic OH excluding ortho intramolecular Hbond substituents is 1. The van der Waals surface area contributed by atoms with Crippen LogP contribution < -0.4 is 10.6 Å². The number of rotatable bonds is 6. The van der Waals surface area contributed by atoms with Crippen molar-refractivity contribution in [3.05, 3.63) is 64.2 Å². The fourth-order valence-corrected chi connectivity index (χ4v) is 5.98. The van der Waals surface area contributed by atoms with Gasteiger partial charge in [0.2, 0.25) is 5.91 Å². The lowest BCUT2D eigenvalue weighted by molar-refractivity contribution is -0.143. The van der Waals surface area contributed by atoms with Gasteiger partial charge in [-0.2, -0.15) is 26.3 Å². The minimum Gasteiger partial charge on any atom is -0.508 e. The first kappa shape index (κ1) is 28.3. The molecule has 4 rings (SSSR count). The van der Waals surface area contributed by atoms with Gasteiger partial charge in [-0.3, -0.25) is 4.79 Å². The zero-order valence-electron chi connectivity index (χ0n) is 21.3. The number of fused-ring (bicyclic) bond motifs is 1. The average Bonchev–Trinajstić information content (AvgIpc) is 3.27. The van der Waals surface area contributed by atoms with Crippen LogP contribution in [0.3, 0.4) is 0 Å². The maximum absolute atomic E-state index is 13.4. The molecular weight excluding hydrogens is 510 g/mol. The summed E-state index contributed by atoms with van der Waals surface area (Å²) in [5, 5.41) is 16.5. The summed E-state index contributed by atoms with van der Waals surface area (Å²) in [6.07, 6.45) is -5.53. The van der Waals surface area contributed by atoms with E-state index in [1.54, 1.807) is 6.07 Å². The summed E-state index contributed by atoms with van der Waals surface area (Å²) in [5.74, 6) is -0.187. The molecule has 0 bridgehead atoms. The van der Waals surface area contributed by atoms with E-state index >= 15 is 0 Å². The number of phenols is 1. The molecule has 38 heavy (non-hydrogen) atoms.